The molecule has 43 heavy (non-hydrogen) atoms. The molecule has 0 aromatic heterocycles. The van der Waals surface area contributed by atoms with Gasteiger partial charge in [-0.1, -0.05) is 48.9 Å². The second-order valence-corrected chi connectivity index (χ2v) is 11.8. The van der Waals surface area contributed by atoms with Gasteiger partial charge < -0.3 is 10.6 Å². The van der Waals surface area contributed by atoms with Gasteiger partial charge in [-0.15, -0.1) is 0 Å². The molecule has 230 valence electrons. The van der Waals surface area contributed by atoms with E-state index in [9.17, 15) is 44.3 Å². The predicted octanol–water partition coefficient (Wildman–Crippen LogP) is 5.39. The zero-order valence-corrected chi connectivity index (χ0v) is 23.2. The SMILES string of the molecule is NS(=O)(=O)c1ccccc1-c1ccc(CNC(=O)C2CCC[C@H]2C(=O)NCc2cc(C(F)(F)F)cc(C(F)(F)F)c2)cc1. The number of halogens is 6. The third-order valence-electron chi connectivity index (χ3n) is 7.23. The molecule has 0 radical (unpaired) electrons. The molecule has 1 unspecified atom stereocenters. The molecule has 2 atom stereocenters. The van der Waals surface area contributed by atoms with E-state index in [2.05, 4.69) is 10.6 Å². The molecule has 3 aromatic carbocycles. The van der Waals surface area contributed by atoms with Crippen LogP contribution in [0.25, 0.3) is 11.1 Å². The van der Waals surface area contributed by atoms with Crippen LogP contribution in [0.15, 0.2) is 71.6 Å². The fourth-order valence-electron chi connectivity index (χ4n) is 5.11. The summed E-state index contributed by atoms with van der Waals surface area (Å²) in [6.45, 7) is -0.469. The van der Waals surface area contributed by atoms with Crippen LogP contribution < -0.4 is 15.8 Å². The average molecular weight is 628 g/mol. The molecule has 0 spiro atoms. The number of nitrogens with two attached hydrogens (primary N) is 1. The van der Waals surface area contributed by atoms with Gasteiger partial charge in [0.2, 0.25) is 21.8 Å². The summed E-state index contributed by atoms with van der Waals surface area (Å²) in [7, 11) is -3.95. The highest BCUT2D eigenvalue weighted by atomic mass is 32.2. The van der Waals surface area contributed by atoms with Crippen LogP contribution in [-0.4, -0.2) is 20.2 Å². The van der Waals surface area contributed by atoms with Crippen LogP contribution in [-0.2, 0) is 45.1 Å². The molecule has 0 heterocycles. The highest BCUT2D eigenvalue weighted by molar-refractivity contribution is 7.89. The first-order chi connectivity index (χ1) is 20.0. The molecule has 3 aromatic rings. The van der Waals surface area contributed by atoms with E-state index < -0.39 is 63.7 Å². The van der Waals surface area contributed by atoms with Crippen molar-refractivity contribution in [1.82, 2.24) is 10.6 Å². The number of alkyl halides is 6. The first-order valence-corrected chi connectivity index (χ1v) is 14.6. The third kappa shape index (κ3) is 7.93. The van der Waals surface area contributed by atoms with E-state index in [4.69, 9.17) is 5.14 Å². The maximum atomic E-state index is 13.1. The van der Waals surface area contributed by atoms with Crippen LogP contribution in [0.1, 0.15) is 41.5 Å². The monoisotopic (exact) mass is 627 g/mol. The second-order valence-electron chi connectivity index (χ2n) is 10.2. The van der Waals surface area contributed by atoms with Gasteiger partial charge in [-0.25, -0.2) is 13.6 Å². The smallest absolute Gasteiger partial charge is 0.352 e. The van der Waals surface area contributed by atoms with Gasteiger partial charge in [0.25, 0.3) is 0 Å². The summed E-state index contributed by atoms with van der Waals surface area (Å²) in [4.78, 5) is 25.8. The van der Waals surface area contributed by atoms with E-state index in [0.717, 1.165) is 0 Å². The lowest BCUT2D eigenvalue weighted by atomic mass is 9.94. The minimum Gasteiger partial charge on any atom is -0.352 e. The first kappa shape index (κ1) is 32.0. The molecule has 4 N–H and O–H groups in total. The van der Waals surface area contributed by atoms with Crippen molar-refractivity contribution in [3.05, 3.63) is 89.0 Å². The Hall–Kier alpha value is -3.91. The first-order valence-electron chi connectivity index (χ1n) is 13.1. The summed E-state index contributed by atoms with van der Waals surface area (Å²) in [6, 6.07) is 14.1. The van der Waals surface area contributed by atoms with Crippen LogP contribution in [0, 0.1) is 11.8 Å². The van der Waals surface area contributed by atoms with Crippen molar-refractivity contribution < 1.29 is 44.3 Å². The van der Waals surface area contributed by atoms with Crippen molar-refractivity contribution in [1.29, 1.82) is 0 Å². The van der Waals surface area contributed by atoms with Crippen LogP contribution in [0.5, 0.6) is 0 Å². The predicted molar refractivity (Wildman–Crippen MR) is 144 cm³/mol. The van der Waals surface area contributed by atoms with E-state index in [0.29, 0.717) is 48.1 Å². The van der Waals surface area contributed by atoms with Crippen molar-refractivity contribution in [3.8, 4) is 11.1 Å². The van der Waals surface area contributed by atoms with Crippen LogP contribution in [0.3, 0.4) is 0 Å². The molecule has 1 fully saturated rings. The molecule has 0 saturated heterocycles. The Morgan fingerprint density at radius 1 is 0.744 bits per heavy atom. The number of sulfonamides is 1. The second kappa shape index (κ2) is 12.4. The maximum absolute atomic E-state index is 13.1. The number of carbonyl (C=O) groups is 2. The summed E-state index contributed by atoms with van der Waals surface area (Å²) in [5.74, 6) is -2.58. The Labute approximate surface area is 243 Å². The Bertz CT molecular complexity index is 1570. The molecule has 4 rings (SSSR count). The van der Waals surface area contributed by atoms with E-state index >= 15 is 0 Å². The van der Waals surface area contributed by atoms with E-state index in [1.807, 2.05) is 0 Å². The molecular formula is C29H27F6N3O4S. The van der Waals surface area contributed by atoms with Gasteiger partial charge in [-0.05, 0) is 53.8 Å². The van der Waals surface area contributed by atoms with Crippen molar-refractivity contribution in [2.45, 2.75) is 49.6 Å². The van der Waals surface area contributed by atoms with Gasteiger partial charge in [0.15, 0.2) is 0 Å². The molecule has 0 aliphatic heterocycles. The highest BCUT2D eigenvalue weighted by Gasteiger charge is 2.39. The van der Waals surface area contributed by atoms with Crippen LogP contribution >= 0.6 is 0 Å². The summed E-state index contributed by atoms with van der Waals surface area (Å²) in [6.07, 6.45) is -8.77. The van der Waals surface area contributed by atoms with E-state index in [1.165, 1.54) is 6.07 Å². The number of carbonyl (C=O) groups excluding carboxylic acids is 2. The van der Waals surface area contributed by atoms with Crippen molar-refractivity contribution in [2.24, 2.45) is 17.0 Å². The topological polar surface area (TPSA) is 118 Å². The van der Waals surface area contributed by atoms with Gasteiger partial charge in [-0.2, -0.15) is 26.3 Å². The quantitative estimate of drug-likeness (QED) is 0.291. The van der Waals surface area contributed by atoms with Crippen LogP contribution in [0.2, 0.25) is 0 Å². The molecule has 1 aliphatic carbocycles. The number of benzene rings is 3. The third-order valence-corrected chi connectivity index (χ3v) is 8.20. The number of rotatable bonds is 8. The summed E-state index contributed by atoms with van der Waals surface area (Å²) in [5, 5.41) is 10.5. The highest BCUT2D eigenvalue weighted by Crippen LogP contribution is 2.37. The van der Waals surface area contributed by atoms with Gasteiger partial charge in [-0.3, -0.25) is 9.59 Å². The average Bonchev–Trinajstić information content (AvgIpc) is 3.44. The number of amides is 2. The Morgan fingerprint density at radius 2 is 1.23 bits per heavy atom. The number of primary sulfonamides is 1. The van der Waals surface area contributed by atoms with Crippen molar-refractivity contribution in [2.75, 3.05) is 0 Å². The lowest BCUT2D eigenvalue weighted by molar-refractivity contribution is -0.143. The van der Waals surface area contributed by atoms with Crippen molar-refractivity contribution in [3.63, 3.8) is 0 Å². The van der Waals surface area contributed by atoms with Crippen LogP contribution in [0.4, 0.5) is 26.3 Å². The number of nitrogens with one attached hydrogen (secondary N) is 2. The summed E-state index contributed by atoms with van der Waals surface area (Å²) in [5.41, 5.74) is -1.63. The normalized spacial score (nSPS) is 17.5. The molecular weight excluding hydrogens is 600 g/mol. The van der Waals surface area contributed by atoms with Gasteiger partial charge in [0, 0.05) is 30.5 Å². The molecule has 0 bridgehead atoms. The minimum absolute atomic E-state index is 0.0136. The molecule has 2 amide bonds. The summed E-state index contributed by atoms with van der Waals surface area (Å²) >= 11 is 0. The standard InChI is InChI=1S/C29H27F6N3O4S/c30-28(31,32)20-12-18(13-21(14-20)29(33,34)35)16-38-27(40)24-6-3-5-23(24)26(39)37-15-17-8-10-19(11-9-17)22-4-1-2-7-25(22)43(36,41)42/h1-2,4,7-14,23-24H,3,5-6,15-16H2,(H,37,39)(H,38,40)(H2,36,41,42)/t23?,24-/m1/s1. The lowest BCUT2D eigenvalue weighted by Crippen LogP contribution is -2.39. The Kier molecular flexibility index (Phi) is 9.21. The number of hydrogen-bond donors (Lipinski definition) is 3. The number of hydrogen-bond acceptors (Lipinski definition) is 4. The fraction of sp³-hybridized carbons (Fsp3) is 0.310. The van der Waals surface area contributed by atoms with E-state index in [1.54, 1.807) is 42.5 Å². The Balaban J connectivity index is 1.38. The van der Waals surface area contributed by atoms with Gasteiger partial charge in [0.1, 0.15) is 0 Å². The Morgan fingerprint density at radius 3 is 1.72 bits per heavy atom. The summed E-state index contributed by atoms with van der Waals surface area (Å²) < 4.78 is 103. The van der Waals surface area contributed by atoms with Gasteiger partial charge >= 0.3 is 12.4 Å². The largest absolute Gasteiger partial charge is 0.416 e. The maximum Gasteiger partial charge on any atom is 0.416 e. The molecule has 7 nitrogen and oxygen atoms in total. The zero-order valence-electron chi connectivity index (χ0n) is 22.4. The molecule has 1 saturated carbocycles. The zero-order chi connectivity index (χ0) is 31.6. The molecule has 14 heteroatoms. The lowest BCUT2D eigenvalue weighted by Gasteiger charge is -2.20. The van der Waals surface area contributed by atoms with Gasteiger partial charge in [0.05, 0.1) is 16.0 Å². The van der Waals surface area contributed by atoms with Crippen molar-refractivity contribution >= 4 is 21.8 Å². The minimum atomic E-state index is -5.01. The molecule has 1 aliphatic rings. The van der Waals surface area contributed by atoms with E-state index in [-0.39, 0.29) is 23.1 Å². The fourth-order valence-corrected chi connectivity index (χ4v) is 5.87.